The first-order valence-electron chi connectivity index (χ1n) is 4.41. The summed E-state index contributed by atoms with van der Waals surface area (Å²) in [5.41, 5.74) is 6.13. The van der Waals surface area contributed by atoms with Gasteiger partial charge in [0.05, 0.1) is 12.4 Å². The smallest absolute Gasteiger partial charge is 0.161 e. The van der Waals surface area contributed by atoms with Crippen LogP contribution in [0.1, 0.15) is 12.5 Å². The van der Waals surface area contributed by atoms with Crippen molar-refractivity contribution in [2.24, 2.45) is 5.73 Å². The molecule has 0 spiro atoms. The van der Waals surface area contributed by atoms with Crippen molar-refractivity contribution in [3.63, 3.8) is 0 Å². The SMILES string of the molecule is CCOc1cc(CC(=N)N)ccc1O. The maximum absolute atomic E-state index is 9.39. The van der Waals surface area contributed by atoms with Gasteiger partial charge >= 0.3 is 0 Å². The van der Waals surface area contributed by atoms with Crippen molar-refractivity contribution in [2.75, 3.05) is 6.61 Å². The zero-order valence-corrected chi connectivity index (χ0v) is 8.08. The maximum Gasteiger partial charge on any atom is 0.161 e. The zero-order valence-electron chi connectivity index (χ0n) is 8.08. The summed E-state index contributed by atoms with van der Waals surface area (Å²) in [6.45, 7) is 2.34. The van der Waals surface area contributed by atoms with E-state index in [0.29, 0.717) is 18.8 Å². The van der Waals surface area contributed by atoms with E-state index in [-0.39, 0.29) is 11.6 Å². The highest BCUT2D eigenvalue weighted by atomic mass is 16.5. The molecule has 1 aromatic rings. The summed E-state index contributed by atoms with van der Waals surface area (Å²) in [6.07, 6.45) is 0.375. The number of benzene rings is 1. The van der Waals surface area contributed by atoms with Crippen LogP contribution in [0.25, 0.3) is 0 Å². The number of phenols is 1. The largest absolute Gasteiger partial charge is 0.504 e. The van der Waals surface area contributed by atoms with Gasteiger partial charge in [-0.15, -0.1) is 0 Å². The molecule has 76 valence electrons. The molecule has 0 fully saturated rings. The second-order valence-corrected chi connectivity index (χ2v) is 2.94. The van der Waals surface area contributed by atoms with E-state index in [1.807, 2.05) is 6.92 Å². The predicted octanol–water partition coefficient (Wildman–Crippen LogP) is 1.27. The van der Waals surface area contributed by atoms with E-state index in [0.717, 1.165) is 5.56 Å². The topological polar surface area (TPSA) is 79.3 Å². The van der Waals surface area contributed by atoms with Crippen LogP contribution in [0.4, 0.5) is 0 Å². The van der Waals surface area contributed by atoms with Crippen LogP contribution in [0.15, 0.2) is 18.2 Å². The van der Waals surface area contributed by atoms with Crippen LogP contribution >= 0.6 is 0 Å². The lowest BCUT2D eigenvalue weighted by Gasteiger charge is -2.07. The van der Waals surface area contributed by atoms with Crippen molar-refractivity contribution in [2.45, 2.75) is 13.3 Å². The Morgan fingerprint density at radius 3 is 2.86 bits per heavy atom. The van der Waals surface area contributed by atoms with E-state index >= 15 is 0 Å². The molecule has 4 nitrogen and oxygen atoms in total. The molecule has 4 N–H and O–H groups in total. The fraction of sp³-hybridized carbons (Fsp3) is 0.300. The Morgan fingerprint density at radius 2 is 2.29 bits per heavy atom. The third-order valence-corrected chi connectivity index (χ3v) is 1.72. The van der Waals surface area contributed by atoms with Gasteiger partial charge in [-0.1, -0.05) is 6.07 Å². The molecule has 14 heavy (non-hydrogen) atoms. The van der Waals surface area contributed by atoms with Crippen molar-refractivity contribution in [1.29, 1.82) is 5.41 Å². The molecule has 0 heterocycles. The highest BCUT2D eigenvalue weighted by Gasteiger charge is 2.03. The van der Waals surface area contributed by atoms with Gasteiger partial charge in [-0.05, 0) is 24.6 Å². The second-order valence-electron chi connectivity index (χ2n) is 2.94. The van der Waals surface area contributed by atoms with Gasteiger partial charge in [0, 0.05) is 6.42 Å². The molecule has 1 aromatic carbocycles. The van der Waals surface area contributed by atoms with Gasteiger partial charge in [0.1, 0.15) is 0 Å². The lowest BCUT2D eigenvalue weighted by molar-refractivity contribution is 0.318. The molecule has 1 rings (SSSR count). The number of nitrogens with two attached hydrogens (primary N) is 1. The van der Waals surface area contributed by atoms with Crippen LogP contribution < -0.4 is 10.5 Å². The van der Waals surface area contributed by atoms with Crippen LogP contribution in [0.3, 0.4) is 0 Å². The minimum Gasteiger partial charge on any atom is -0.504 e. The van der Waals surface area contributed by atoms with Crippen molar-refractivity contribution in [1.82, 2.24) is 0 Å². The van der Waals surface area contributed by atoms with Crippen LogP contribution in [-0.2, 0) is 6.42 Å². The Hall–Kier alpha value is -1.71. The Morgan fingerprint density at radius 1 is 1.57 bits per heavy atom. The number of hydrogen-bond donors (Lipinski definition) is 3. The van der Waals surface area contributed by atoms with Crippen molar-refractivity contribution in [3.05, 3.63) is 23.8 Å². The van der Waals surface area contributed by atoms with Crippen LogP contribution in [-0.4, -0.2) is 17.5 Å². The fourth-order valence-corrected chi connectivity index (χ4v) is 1.16. The van der Waals surface area contributed by atoms with Gasteiger partial charge < -0.3 is 15.6 Å². The van der Waals surface area contributed by atoms with Crippen LogP contribution in [0.2, 0.25) is 0 Å². The Kier molecular flexibility index (Phi) is 3.34. The standard InChI is InChI=1S/C10H14N2O2/c1-2-14-9-5-7(6-10(11)12)3-4-8(9)13/h3-5,13H,2,6H2,1H3,(H3,11,12). The first-order valence-corrected chi connectivity index (χ1v) is 4.41. The highest BCUT2D eigenvalue weighted by Crippen LogP contribution is 2.26. The molecule has 0 saturated carbocycles. The number of aromatic hydroxyl groups is 1. The Bertz CT molecular complexity index is 337. The maximum atomic E-state index is 9.39. The normalized spacial score (nSPS) is 9.79. The summed E-state index contributed by atoms with van der Waals surface area (Å²) >= 11 is 0. The number of ether oxygens (including phenoxy) is 1. The van der Waals surface area contributed by atoms with Crippen molar-refractivity contribution >= 4 is 5.84 Å². The average molecular weight is 194 g/mol. The molecule has 0 aliphatic rings. The molecule has 0 aliphatic heterocycles. The number of rotatable bonds is 4. The quantitative estimate of drug-likeness (QED) is 0.499. The molecule has 0 unspecified atom stereocenters. The molecule has 4 heteroatoms. The summed E-state index contributed by atoms with van der Waals surface area (Å²) in [5.74, 6) is 0.642. The van der Waals surface area contributed by atoms with E-state index in [9.17, 15) is 5.11 Å². The molecule has 0 aromatic heterocycles. The number of hydrogen-bond acceptors (Lipinski definition) is 3. The monoisotopic (exact) mass is 194 g/mol. The summed E-state index contributed by atoms with van der Waals surface area (Å²) in [7, 11) is 0. The molecule has 0 saturated heterocycles. The third kappa shape index (κ3) is 2.65. The first kappa shape index (κ1) is 10.4. The molecular weight excluding hydrogens is 180 g/mol. The fourth-order valence-electron chi connectivity index (χ4n) is 1.16. The average Bonchev–Trinajstić information content (AvgIpc) is 2.10. The van der Waals surface area contributed by atoms with Gasteiger partial charge in [-0.3, -0.25) is 5.41 Å². The summed E-state index contributed by atoms with van der Waals surface area (Å²) in [4.78, 5) is 0. The number of phenolic OH excluding ortho intramolecular Hbond substituents is 1. The van der Waals surface area contributed by atoms with E-state index < -0.39 is 0 Å². The lowest BCUT2D eigenvalue weighted by Crippen LogP contribution is -2.12. The van der Waals surface area contributed by atoms with E-state index in [4.69, 9.17) is 15.9 Å². The third-order valence-electron chi connectivity index (χ3n) is 1.72. The number of nitrogens with one attached hydrogen (secondary N) is 1. The minimum atomic E-state index is 0.0955. The second kappa shape index (κ2) is 4.50. The van der Waals surface area contributed by atoms with Gasteiger partial charge in [-0.2, -0.15) is 0 Å². The molecule has 0 atom stereocenters. The first-order chi connectivity index (χ1) is 6.63. The van der Waals surface area contributed by atoms with E-state index in [1.165, 1.54) is 0 Å². The molecule has 0 radical (unpaired) electrons. The summed E-state index contributed by atoms with van der Waals surface area (Å²) < 4.78 is 5.20. The Labute approximate surface area is 82.8 Å². The van der Waals surface area contributed by atoms with Crippen molar-refractivity contribution < 1.29 is 9.84 Å². The molecule has 0 bridgehead atoms. The van der Waals surface area contributed by atoms with Gasteiger partial charge in [0.25, 0.3) is 0 Å². The van der Waals surface area contributed by atoms with Crippen LogP contribution in [0.5, 0.6) is 11.5 Å². The van der Waals surface area contributed by atoms with Crippen molar-refractivity contribution in [3.8, 4) is 11.5 Å². The van der Waals surface area contributed by atoms with Gasteiger partial charge in [0.2, 0.25) is 0 Å². The van der Waals surface area contributed by atoms with E-state index in [2.05, 4.69) is 0 Å². The van der Waals surface area contributed by atoms with E-state index in [1.54, 1.807) is 18.2 Å². The Balaban J connectivity index is 2.88. The van der Waals surface area contributed by atoms with Gasteiger partial charge in [-0.25, -0.2) is 0 Å². The van der Waals surface area contributed by atoms with Gasteiger partial charge in [0.15, 0.2) is 11.5 Å². The lowest BCUT2D eigenvalue weighted by atomic mass is 10.1. The predicted molar refractivity (Wildman–Crippen MR) is 54.9 cm³/mol. The summed E-state index contributed by atoms with van der Waals surface area (Å²) in [6, 6.07) is 4.96. The number of amidine groups is 1. The highest BCUT2D eigenvalue weighted by molar-refractivity contribution is 5.79. The van der Waals surface area contributed by atoms with Crippen LogP contribution in [0, 0.1) is 5.41 Å². The summed E-state index contributed by atoms with van der Waals surface area (Å²) in [5, 5.41) is 16.5. The molecular formula is C10H14N2O2. The zero-order chi connectivity index (χ0) is 10.6. The molecule has 0 amide bonds. The molecule has 0 aliphatic carbocycles. The minimum absolute atomic E-state index is 0.0955.